The van der Waals surface area contributed by atoms with Crippen molar-refractivity contribution in [2.24, 2.45) is 0 Å². The molecule has 0 amide bonds. The molecule has 0 atom stereocenters. The maximum Gasteiger partial charge on any atom is 0.228 e. The third-order valence-electron chi connectivity index (χ3n) is 3.88. The van der Waals surface area contributed by atoms with Gasteiger partial charge in [-0.1, -0.05) is 0 Å². The van der Waals surface area contributed by atoms with Crippen LogP contribution in [0.15, 0.2) is 36.5 Å². The number of hydrogen-bond acceptors (Lipinski definition) is 6. The molecule has 126 valence electrons. The third-order valence-corrected chi connectivity index (χ3v) is 3.88. The van der Waals surface area contributed by atoms with E-state index in [0.717, 1.165) is 18.9 Å². The van der Waals surface area contributed by atoms with Crippen molar-refractivity contribution in [3.8, 4) is 5.75 Å². The van der Waals surface area contributed by atoms with Crippen LogP contribution < -0.4 is 15.4 Å². The summed E-state index contributed by atoms with van der Waals surface area (Å²) in [4.78, 5) is 6.49. The molecule has 3 N–H and O–H groups in total. The molecular formula is C17H19FN4O2. The predicted molar refractivity (Wildman–Crippen MR) is 90.7 cm³/mol. The number of pyridine rings is 1. The maximum absolute atomic E-state index is 12.4. The highest BCUT2D eigenvalue weighted by Gasteiger charge is 2.15. The van der Waals surface area contributed by atoms with E-state index in [0.29, 0.717) is 35.8 Å². The number of nitrogen functional groups attached to an aromatic ring is 1. The van der Waals surface area contributed by atoms with Crippen molar-refractivity contribution in [3.63, 3.8) is 0 Å². The van der Waals surface area contributed by atoms with Crippen molar-refractivity contribution in [2.75, 3.05) is 43.8 Å². The maximum atomic E-state index is 12.4. The van der Waals surface area contributed by atoms with Gasteiger partial charge in [-0.2, -0.15) is 0 Å². The van der Waals surface area contributed by atoms with E-state index in [-0.39, 0.29) is 5.71 Å². The van der Waals surface area contributed by atoms with Gasteiger partial charge < -0.3 is 20.1 Å². The normalized spacial score (nSPS) is 14.5. The Morgan fingerprint density at radius 2 is 2.08 bits per heavy atom. The van der Waals surface area contributed by atoms with E-state index in [4.69, 9.17) is 20.6 Å². The second-order valence-electron chi connectivity index (χ2n) is 5.38. The molecular weight excluding hydrogens is 311 g/mol. The van der Waals surface area contributed by atoms with E-state index in [9.17, 15) is 4.39 Å². The molecule has 2 heterocycles. The number of anilines is 2. The summed E-state index contributed by atoms with van der Waals surface area (Å²) in [6.07, 6.45) is 1.67. The number of nitrogens with two attached hydrogens (primary N) is 1. The van der Waals surface area contributed by atoms with Gasteiger partial charge in [-0.25, -0.2) is 9.37 Å². The van der Waals surface area contributed by atoms with Crippen molar-refractivity contribution in [3.05, 3.63) is 47.7 Å². The first-order valence-electron chi connectivity index (χ1n) is 7.65. The second kappa shape index (κ2) is 7.27. The average Bonchev–Trinajstić information content (AvgIpc) is 2.64. The van der Waals surface area contributed by atoms with Crippen molar-refractivity contribution < 1.29 is 13.9 Å². The zero-order valence-electron chi connectivity index (χ0n) is 13.2. The number of rotatable bonds is 5. The average molecular weight is 330 g/mol. The summed E-state index contributed by atoms with van der Waals surface area (Å²) in [5.74, 6) is 1.14. The molecule has 0 saturated carbocycles. The van der Waals surface area contributed by atoms with Crippen LogP contribution >= 0.6 is 0 Å². The highest BCUT2D eigenvalue weighted by Crippen LogP contribution is 2.24. The van der Waals surface area contributed by atoms with E-state index >= 15 is 0 Å². The summed E-state index contributed by atoms with van der Waals surface area (Å²) < 4.78 is 22.6. The van der Waals surface area contributed by atoms with Gasteiger partial charge in [0.25, 0.3) is 0 Å². The fourth-order valence-corrected chi connectivity index (χ4v) is 2.60. The van der Waals surface area contributed by atoms with E-state index in [2.05, 4.69) is 9.88 Å². The molecule has 0 spiro atoms. The van der Waals surface area contributed by atoms with Crippen LogP contribution in [0.3, 0.4) is 0 Å². The molecule has 0 unspecified atom stereocenters. The fraction of sp³-hybridized carbons (Fsp3) is 0.294. The fourth-order valence-electron chi connectivity index (χ4n) is 2.60. The van der Waals surface area contributed by atoms with Crippen LogP contribution in [0.25, 0.3) is 0 Å². The molecule has 0 radical (unpaired) electrons. The monoisotopic (exact) mass is 330 g/mol. The standard InChI is InChI=1S/C17H19FN4O2/c18-11-24-13-1-2-15(19)14(10-13)17(20)12-3-4-21-16(9-12)22-5-7-23-8-6-22/h1-4,9-10,20H,5-8,11,19H2. The van der Waals surface area contributed by atoms with Crippen LogP contribution in [0.4, 0.5) is 15.9 Å². The molecule has 1 aliphatic heterocycles. The van der Waals surface area contributed by atoms with Crippen LogP contribution in [0, 0.1) is 5.41 Å². The Labute approximate surface area is 139 Å². The van der Waals surface area contributed by atoms with E-state index in [1.165, 1.54) is 0 Å². The summed E-state index contributed by atoms with van der Waals surface area (Å²) in [5.41, 5.74) is 7.85. The Bertz CT molecular complexity index is 732. The molecule has 0 aliphatic carbocycles. The second-order valence-corrected chi connectivity index (χ2v) is 5.38. The summed E-state index contributed by atoms with van der Waals surface area (Å²) >= 11 is 0. The van der Waals surface area contributed by atoms with Gasteiger partial charge in [0.15, 0.2) is 0 Å². The van der Waals surface area contributed by atoms with Crippen LogP contribution in [-0.4, -0.2) is 43.9 Å². The molecule has 1 aromatic heterocycles. The van der Waals surface area contributed by atoms with Gasteiger partial charge in [0.2, 0.25) is 6.86 Å². The topological polar surface area (TPSA) is 84.5 Å². The zero-order chi connectivity index (χ0) is 16.9. The van der Waals surface area contributed by atoms with Crippen LogP contribution in [0.5, 0.6) is 5.75 Å². The van der Waals surface area contributed by atoms with Gasteiger partial charge in [-0.15, -0.1) is 0 Å². The van der Waals surface area contributed by atoms with Gasteiger partial charge in [0.1, 0.15) is 11.6 Å². The Kier molecular flexibility index (Phi) is 4.90. The minimum atomic E-state index is -0.923. The first-order chi connectivity index (χ1) is 11.7. The molecule has 3 rings (SSSR count). The number of morpholine rings is 1. The first-order valence-corrected chi connectivity index (χ1v) is 7.65. The van der Waals surface area contributed by atoms with E-state index < -0.39 is 6.86 Å². The number of benzene rings is 1. The largest absolute Gasteiger partial charge is 0.463 e. The number of halogens is 1. The lowest BCUT2D eigenvalue weighted by Gasteiger charge is -2.28. The molecule has 0 bridgehead atoms. The summed E-state index contributed by atoms with van der Waals surface area (Å²) in [6, 6.07) is 8.38. The minimum Gasteiger partial charge on any atom is -0.463 e. The quantitative estimate of drug-likeness (QED) is 0.649. The highest BCUT2D eigenvalue weighted by molar-refractivity contribution is 6.14. The van der Waals surface area contributed by atoms with Gasteiger partial charge in [-0.05, 0) is 30.3 Å². The van der Waals surface area contributed by atoms with Crippen LogP contribution in [-0.2, 0) is 4.74 Å². The van der Waals surface area contributed by atoms with E-state index in [1.807, 2.05) is 6.07 Å². The molecule has 1 aliphatic rings. The Hall–Kier alpha value is -2.67. The molecule has 1 fully saturated rings. The molecule has 1 saturated heterocycles. The highest BCUT2D eigenvalue weighted by atomic mass is 19.1. The Morgan fingerprint density at radius 3 is 2.83 bits per heavy atom. The zero-order valence-corrected chi connectivity index (χ0v) is 13.2. The van der Waals surface area contributed by atoms with Gasteiger partial charge in [0, 0.05) is 36.1 Å². The summed E-state index contributed by atoms with van der Waals surface area (Å²) in [6.45, 7) is 1.95. The Balaban J connectivity index is 1.88. The van der Waals surface area contributed by atoms with Crippen LogP contribution in [0.2, 0.25) is 0 Å². The summed E-state index contributed by atoms with van der Waals surface area (Å²) in [7, 11) is 0. The smallest absolute Gasteiger partial charge is 0.228 e. The van der Waals surface area contributed by atoms with Crippen LogP contribution in [0.1, 0.15) is 11.1 Å². The predicted octanol–water partition coefficient (Wildman–Crippen LogP) is 2.22. The van der Waals surface area contributed by atoms with Gasteiger partial charge in [0.05, 0.1) is 18.9 Å². The number of nitrogens with zero attached hydrogens (tertiary/aromatic N) is 2. The Morgan fingerprint density at radius 1 is 1.29 bits per heavy atom. The van der Waals surface area contributed by atoms with Crippen molar-refractivity contribution >= 4 is 17.2 Å². The van der Waals surface area contributed by atoms with Crippen molar-refractivity contribution in [1.29, 1.82) is 5.41 Å². The third kappa shape index (κ3) is 3.46. The molecule has 6 nitrogen and oxygen atoms in total. The van der Waals surface area contributed by atoms with Crippen molar-refractivity contribution in [1.82, 2.24) is 4.98 Å². The minimum absolute atomic E-state index is 0.244. The number of alkyl halides is 1. The first kappa shape index (κ1) is 16.2. The molecule has 24 heavy (non-hydrogen) atoms. The number of ether oxygens (including phenoxy) is 2. The number of hydrogen-bond donors (Lipinski definition) is 2. The number of aromatic nitrogens is 1. The SMILES string of the molecule is N=C(c1ccnc(N2CCOCC2)c1)c1cc(OCF)ccc1N. The molecule has 7 heteroatoms. The molecule has 1 aromatic carbocycles. The van der Waals surface area contributed by atoms with Gasteiger partial charge in [-0.3, -0.25) is 5.41 Å². The lowest BCUT2D eigenvalue weighted by molar-refractivity contribution is 0.122. The van der Waals surface area contributed by atoms with Gasteiger partial charge >= 0.3 is 0 Å². The summed E-state index contributed by atoms with van der Waals surface area (Å²) in [5, 5.41) is 8.45. The lowest BCUT2D eigenvalue weighted by atomic mass is 10.0. The number of nitrogens with one attached hydrogen (secondary N) is 1. The van der Waals surface area contributed by atoms with Crippen molar-refractivity contribution in [2.45, 2.75) is 0 Å². The van der Waals surface area contributed by atoms with E-state index in [1.54, 1.807) is 30.5 Å². The molecule has 2 aromatic rings. The lowest BCUT2D eigenvalue weighted by Crippen LogP contribution is -2.36.